The minimum absolute atomic E-state index is 0.138. The molecule has 0 saturated carbocycles. The zero-order valence-electron chi connectivity index (χ0n) is 9.50. The van der Waals surface area contributed by atoms with Crippen LogP contribution in [0.3, 0.4) is 0 Å². The van der Waals surface area contributed by atoms with E-state index in [1.807, 2.05) is 4.57 Å². The zero-order chi connectivity index (χ0) is 12.7. The molecule has 17 heavy (non-hydrogen) atoms. The van der Waals surface area contributed by atoms with Gasteiger partial charge < -0.3 is 9.88 Å². The number of hydrogen-bond acceptors (Lipinski definition) is 2. The number of allylic oxidation sites excluding steroid dienone is 1. The second-order valence-electron chi connectivity index (χ2n) is 3.69. The fourth-order valence-corrected chi connectivity index (χ4v) is 1.41. The zero-order valence-corrected chi connectivity index (χ0v) is 9.50. The second-order valence-corrected chi connectivity index (χ2v) is 3.69. The second kappa shape index (κ2) is 6.32. The summed E-state index contributed by atoms with van der Waals surface area (Å²) in [7, 11) is 0. The maximum absolute atomic E-state index is 11.9. The quantitative estimate of drug-likeness (QED) is 0.592. The van der Waals surface area contributed by atoms with Crippen LogP contribution >= 0.6 is 0 Å². The highest BCUT2D eigenvalue weighted by molar-refractivity contribution is 5.25. The Hall–Kier alpha value is -1.46. The van der Waals surface area contributed by atoms with Gasteiger partial charge in [0.05, 0.1) is 0 Å². The first-order valence-electron chi connectivity index (χ1n) is 5.45. The SMILES string of the molecule is C=CCn1ccnc1NCCCCC(F)(F)F. The van der Waals surface area contributed by atoms with E-state index in [0.29, 0.717) is 25.5 Å². The molecule has 1 rings (SSSR count). The summed E-state index contributed by atoms with van der Waals surface area (Å²) < 4.78 is 37.5. The molecular weight excluding hydrogens is 231 g/mol. The van der Waals surface area contributed by atoms with E-state index in [-0.39, 0.29) is 6.42 Å². The number of halogens is 3. The molecule has 0 aliphatic rings. The molecule has 0 radical (unpaired) electrons. The van der Waals surface area contributed by atoms with Gasteiger partial charge in [-0.3, -0.25) is 0 Å². The van der Waals surface area contributed by atoms with Crippen molar-refractivity contribution in [2.45, 2.75) is 32.0 Å². The third kappa shape index (κ3) is 5.42. The summed E-state index contributed by atoms with van der Waals surface area (Å²) >= 11 is 0. The topological polar surface area (TPSA) is 29.9 Å². The average molecular weight is 247 g/mol. The molecule has 0 amide bonds. The van der Waals surface area contributed by atoms with Crippen LogP contribution in [0.5, 0.6) is 0 Å². The Bertz CT molecular complexity index is 344. The van der Waals surface area contributed by atoms with E-state index in [2.05, 4.69) is 16.9 Å². The van der Waals surface area contributed by atoms with Crippen LogP contribution in [0.4, 0.5) is 19.1 Å². The molecular formula is C11H16F3N3. The fraction of sp³-hybridized carbons (Fsp3) is 0.545. The van der Waals surface area contributed by atoms with Crippen molar-refractivity contribution < 1.29 is 13.2 Å². The molecule has 0 atom stereocenters. The van der Waals surface area contributed by atoms with E-state index in [1.54, 1.807) is 18.5 Å². The van der Waals surface area contributed by atoms with Crippen LogP contribution in [-0.4, -0.2) is 22.3 Å². The largest absolute Gasteiger partial charge is 0.389 e. The molecule has 1 heterocycles. The van der Waals surface area contributed by atoms with Gasteiger partial charge in [-0.05, 0) is 12.8 Å². The van der Waals surface area contributed by atoms with Gasteiger partial charge in [0, 0.05) is 31.9 Å². The Morgan fingerprint density at radius 1 is 1.41 bits per heavy atom. The first-order chi connectivity index (χ1) is 8.03. The number of nitrogens with zero attached hydrogens (tertiary/aromatic N) is 2. The van der Waals surface area contributed by atoms with E-state index in [9.17, 15) is 13.2 Å². The molecule has 0 aromatic carbocycles. The van der Waals surface area contributed by atoms with Crippen molar-refractivity contribution in [3.63, 3.8) is 0 Å². The molecule has 1 aromatic rings. The summed E-state index contributed by atoms with van der Waals surface area (Å²) in [6.45, 7) is 4.73. The van der Waals surface area contributed by atoms with Gasteiger partial charge >= 0.3 is 6.18 Å². The van der Waals surface area contributed by atoms with E-state index in [1.165, 1.54) is 0 Å². The lowest BCUT2D eigenvalue weighted by Gasteiger charge is -2.08. The lowest BCUT2D eigenvalue weighted by atomic mass is 10.2. The summed E-state index contributed by atoms with van der Waals surface area (Å²) in [6, 6.07) is 0. The van der Waals surface area contributed by atoms with Gasteiger partial charge in [-0.2, -0.15) is 13.2 Å². The molecule has 0 unspecified atom stereocenters. The fourth-order valence-electron chi connectivity index (χ4n) is 1.41. The van der Waals surface area contributed by atoms with Gasteiger partial charge in [0.25, 0.3) is 0 Å². The predicted molar refractivity (Wildman–Crippen MR) is 60.8 cm³/mol. The summed E-state index contributed by atoms with van der Waals surface area (Å²) in [5.74, 6) is 0.664. The number of imidazole rings is 1. The molecule has 6 heteroatoms. The monoisotopic (exact) mass is 247 g/mol. The predicted octanol–water partition coefficient (Wildman–Crippen LogP) is 3.21. The van der Waals surface area contributed by atoms with Crippen molar-refractivity contribution in [1.29, 1.82) is 0 Å². The van der Waals surface area contributed by atoms with Gasteiger partial charge in [0.15, 0.2) is 0 Å². The van der Waals surface area contributed by atoms with E-state index < -0.39 is 12.6 Å². The molecule has 1 aromatic heterocycles. The molecule has 0 saturated heterocycles. The number of hydrogen-bond donors (Lipinski definition) is 1. The van der Waals surface area contributed by atoms with Gasteiger partial charge in [-0.1, -0.05) is 6.08 Å². The average Bonchev–Trinajstić information content (AvgIpc) is 2.64. The Labute approximate surface area is 98.3 Å². The lowest BCUT2D eigenvalue weighted by molar-refractivity contribution is -0.135. The Kier molecular flexibility index (Phi) is 5.06. The molecule has 0 spiro atoms. The highest BCUT2D eigenvalue weighted by Gasteiger charge is 2.25. The number of rotatable bonds is 7. The van der Waals surface area contributed by atoms with Crippen LogP contribution in [0.15, 0.2) is 25.0 Å². The summed E-state index contributed by atoms with van der Waals surface area (Å²) in [5, 5.41) is 3.00. The number of nitrogens with one attached hydrogen (secondary N) is 1. The van der Waals surface area contributed by atoms with Crippen molar-refractivity contribution >= 4 is 5.95 Å². The van der Waals surface area contributed by atoms with Crippen LogP contribution in [0.25, 0.3) is 0 Å². The normalized spacial score (nSPS) is 11.5. The molecule has 0 aliphatic carbocycles. The Morgan fingerprint density at radius 2 is 2.18 bits per heavy atom. The van der Waals surface area contributed by atoms with Gasteiger partial charge in [-0.25, -0.2) is 4.98 Å². The minimum atomic E-state index is -4.05. The smallest absolute Gasteiger partial charge is 0.356 e. The number of anilines is 1. The van der Waals surface area contributed by atoms with Crippen molar-refractivity contribution in [2.75, 3.05) is 11.9 Å². The maximum atomic E-state index is 11.9. The molecule has 0 fully saturated rings. The maximum Gasteiger partial charge on any atom is 0.389 e. The van der Waals surface area contributed by atoms with Crippen LogP contribution in [0.2, 0.25) is 0 Å². The van der Waals surface area contributed by atoms with E-state index in [0.717, 1.165) is 0 Å². The third-order valence-corrected chi connectivity index (χ3v) is 2.21. The van der Waals surface area contributed by atoms with Crippen molar-refractivity contribution in [3.05, 3.63) is 25.0 Å². The van der Waals surface area contributed by atoms with Crippen LogP contribution in [0.1, 0.15) is 19.3 Å². The standard InChI is InChI=1S/C11H16F3N3/c1-2-8-17-9-7-16-10(17)15-6-4-3-5-11(12,13)14/h2,7,9H,1,3-6,8H2,(H,15,16). The molecule has 96 valence electrons. The summed E-state index contributed by atoms with van der Waals surface area (Å²) in [6.07, 6.45) is 0.994. The number of alkyl halides is 3. The van der Waals surface area contributed by atoms with Crippen molar-refractivity contribution in [1.82, 2.24) is 9.55 Å². The van der Waals surface area contributed by atoms with Gasteiger partial charge in [0.2, 0.25) is 5.95 Å². The number of aromatic nitrogens is 2. The van der Waals surface area contributed by atoms with Crippen LogP contribution in [-0.2, 0) is 6.54 Å². The van der Waals surface area contributed by atoms with Gasteiger partial charge in [-0.15, -0.1) is 6.58 Å². The van der Waals surface area contributed by atoms with Crippen molar-refractivity contribution in [2.24, 2.45) is 0 Å². The van der Waals surface area contributed by atoms with Crippen LogP contribution in [0, 0.1) is 0 Å². The first-order valence-corrected chi connectivity index (χ1v) is 5.45. The summed E-state index contributed by atoms with van der Waals surface area (Å²) in [5.41, 5.74) is 0. The lowest BCUT2D eigenvalue weighted by Crippen LogP contribution is -2.10. The molecule has 3 nitrogen and oxygen atoms in total. The van der Waals surface area contributed by atoms with E-state index >= 15 is 0 Å². The molecule has 0 bridgehead atoms. The Morgan fingerprint density at radius 3 is 2.82 bits per heavy atom. The summed E-state index contributed by atoms with van der Waals surface area (Å²) in [4.78, 5) is 4.06. The molecule has 1 N–H and O–H groups in total. The van der Waals surface area contributed by atoms with Crippen LogP contribution < -0.4 is 5.32 Å². The minimum Gasteiger partial charge on any atom is -0.356 e. The first kappa shape index (κ1) is 13.6. The van der Waals surface area contributed by atoms with E-state index in [4.69, 9.17) is 0 Å². The van der Waals surface area contributed by atoms with Crippen molar-refractivity contribution in [3.8, 4) is 0 Å². The number of unbranched alkanes of at least 4 members (excludes halogenated alkanes) is 1. The van der Waals surface area contributed by atoms with Gasteiger partial charge in [0.1, 0.15) is 0 Å². The molecule has 0 aliphatic heterocycles. The highest BCUT2D eigenvalue weighted by Crippen LogP contribution is 2.22. The third-order valence-electron chi connectivity index (χ3n) is 2.21. The Balaban J connectivity index is 2.22. The highest BCUT2D eigenvalue weighted by atomic mass is 19.4.